The average Bonchev–Trinajstić information content (AvgIpc) is 2.53. The highest BCUT2D eigenvalue weighted by Crippen LogP contribution is 2.36. The Labute approximate surface area is 105 Å². The first-order valence-corrected chi connectivity index (χ1v) is 6.86. The number of pyridine rings is 1. The zero-order chi connectivity index (χ0) is 12.3. The van der Waals surface area contributed by atoms with Crippen LogP contribution in [-0.2, 0) is 5.54 Å². The van der Waals surface area contributed by atoms with E-state index in [1.54, 1.807) is 0 Å². The quantitative estimate of drug-likeness (QED) is 0.792. The Balaban J connectivity index is 2.15. The Kier molecular flexibility index (Phi) is 3.82. The molecule has 2 atom stereocenters. The van der Waals surface area contributed by atoms with Gasteiger partial charge in [0.15, 0.2) is 0 Å². The van der Waals surface area contributed by atoms with Crippen molar-refractivity contribution in [3.8, 4) is 0 Å². The van der Waals surface area contributed by atoms with E-state index in [-0.39, 0.29) is 5.54 Å². The molecule has 1 aromatic rings. The summed E-state index contributed by atoms with van der Waals surface area (Å²) in [5.41, 5.74) is 8.76. The Morgan fingerprint density at radius 2 is 2.18 bits per heavy atom. The highest BCUT2D eigenvalue weighted by atomic mass is 14.8. The Morgan fingerprint density at radius 1 is 1.35 bits per heavy atom. The van der Waals surface area contributed by atoms with Crippen molar-refractivity contribution in [3.05, 3.63) is 29.6 Å². The zero-order valence-electron chi connectivity index (χ0n) is 11.1. The molecule has 94 valence electrons. The highest BCUT2D eigenvalue weighted by Gasteiger charge is 2.30. The van der Waals surface area contributed by atoms with Crippen molar-refractivity contribution in [2.75, 3.05) is 0 Å². The first-order chi connectivity index (χ1) is 8.14. The fraction of sp³-hybridized carbons (Fsp3) is 0.667. The van der Waals surface area contributed by atoms with E-state index in [4.69, 9.17) is 5.73 Å². The van der Waals surface area contributed by atoms with Crippen LogP contribution in [0.25, 0.3) is 0 Å². The van der Waals surface area contributed by atoms with E-state index in [0.717, 1.165) is 24.5 Å². The van der Waals surface area contributed by atoms with E-state index in [1.165, 1.54) is 31.2 Å². The molecule has 0 spiro atoms. The summed E-state index contributed by atoms with van der Waals surface area (Å²) < 4.78 is 0. The zero-order valence-corrected chi connectivity index (χ0v) is 11.1. The van der Waals surface area contributed by atoms with Crippen molar-refractivity contribution < 1.29 is 0 Å². The standard InChI is InChI=1S/C15H24N2/c1-3-13-5-4-9-15(16,10-8-13)14-7-6-12(2)17-11-14/h6-7,11,13H,3-5,8-10,16H2,1-2H3. The fourth-order valence-corrected chi connectivity index (χ4v) is 2.90. The number of rotatable bonds is 2. The number of aromatic nitrogens is 1. The molecule has 1 aliphatic rings. The van der Waals surface area contributed by atoms with E-state index in [0.29, 0.717) is 0 Å². The van der Waals surface area contributed by atoms with Crippen LogP contribution in [0.1, 0.15) is 56.7 Å². The van der Waals surface area contributed by atoms with Crippen LogP contribution in [0.4, 0.5) is 0 Å². The Hall–Kier alpha value is -0.890. The molecule has 2 heteroatoms. The second-order valence-electron chi connectivity index (χ2n) is 5.55. The maximum atomic E-state index is 6.61. The van der Waals surface area contributed by atoms with E-state index in [2.05, 4.69) is 24.0 Å². The van der Waals surface area contributed by atoms with E-state index in [1.807, 2.05) is 13.1 Å². The van der Waals surface area contributed by atoms with Crippen molar-refractivity contribution in [3.63, 3.8) is 0 Å². The molecular formula is C15H24N2. The molecule has 0 aromatic carbocycles. The minimum atomic E-state index is -0.134. The third-order valence-corrected chi connectivity index (χ3v) is 4.30. The second kappa shape index (κ2) is 5.18. The molecule has 0 radical (unpaired) electrons. The summed E-state index contributed by atoms with van der Waals surface area (Å²) in [5.74, 6) is 0.874. The predicted octanol–water partition coefficient (Wildman–Crippen LogP) is 3.53. The predicted molar refractivity (Wildman–Crippen MR) is 71.7 cm³/mol. The lowest BCUT2D eigenvalue weighted by Crippen LogP contribution is -2.36. The molecule has 2 nitrogen and oxygen atoms in total. The summed E-state index contributed by atoms with van der Waals surface area (Å²) in [4.78, 5) is 4.39. The van der Waals surface area contributed by atoms with Gasteiger partial charge in [0.25, 0.3) is 0 Å². The van der Waals surface area contributed by atoms with E-state index in [9.17, 15) is 0 Å². The van der Waals surface area contributed by atoms with Gasteiger partial charge in [0.05, 0.1) is 0 Å². The first kappa shape index (κ1) is 12.6. The van der Waals surface area contributed by atoms with Gasteiger partial charge in [-0.05, 0) is 43.7 Å². The second-order valence-corrected chi connectivity index (χ2v) is 5.55. The summed E-state index contributed by atoms with van der Waals surface area (Å²) >= 11 is 0. The lowest BCUT2D eigenvalue weighted by molar-refractivity contribution is 0.370. The third-order valence-electron chi connectivity index (χ3n) is 4.30. The van der Waals surface area contributed by atoms with Gasteiger partial charge in [-0.1, -0.05) is 32.3 Å². The molecule has 1 aliphatic carbocycles. The average molecular weight is 232 g/mol. The van der Waals surface area contributed by atoms with E-state index >= 15 is 0 Å². The normalized spacial score (nSPS) is 29.9. The van der Waals surface area contributed by atoms with Crippen LogP contribution in [-0.4, -0.2) is 4.98 Å². The fourth-order valence-electron chi connectivity index (χ4n) is 2.90. The Bertz CT molecular complexity index is 358. The van der Waals surface area contributed by atoms with Gasteiger partial charge in [-0.25, -0.2) is 0 Å². The van der Waals surface area contributed by atoms with Gasteiger partial charge in [-0.3, -0.25) is 4.98 Å². The monoisotopic (exact) mass is 232 g/mol. The van der Waals surface area contributed by atoms with Crippen molar-refractivity contribution in [2.24, 2.45) is 11.7 Å². The van der Waals surface area contributed by atoms with Gasteiger partial charge in [0.2, 0.25) is 0 Å². The third kappa shape index (κ3) is 2.86. The molecule has 17 heavy (non-hydrogen) atoms. The highest BCUT2D eigenvalue weighted by molar-refractivity contribution is 5.22. The Morgan fingerprint density at radius 3 is 2.82 bits per heavy atom. The molecule has 0 bridgehead atoms. The maximum absolute atomic E-state index is 6.61. The smallest absolute Gasteiger partial charge is 0.0425 e. The van der Waals surface area contributed by atoms with Crippen LogP contribution in [0, 0.1) is 12.8 Å². The van der Waals surface area contributed by atoms with Gasteiger partial charge < -0.3 is 5.73 Å². The van der Waals surface area contributed by atoms with Gasteiger partial charge in [0.1, 0.15) is 0 Å². The summed E-state index contributed by atoms with van der Waals surface area (Å²) in [5, 5.41) is 0. The molecule has 1 saturated carbocycles. The van der Waals surface area contributed by atoms with Gasteiger partial charge in [-0.15, -0.1) is 0 Å². The number of hydrogen-bond donors (Lipinski definition) is 1. The molecule has 0 saturated heterocycles. The maximum Gasteiger partial charge on any atom is 0.0425 e. The number of hydrogen-bond acceptors (Lipinski definition) is 2. The van der Waals surface area contributed by atoms with Crippen LogP contribution in [0.15, 0.2) is 18.3 Å². The minimum Gasteiger partial charge on any atom is -0.321 e. The topological polar surface area (TPSA) is 38.9 Å². The molecule has 2 rings (SSSR count). The molecule has 1 heterocycles. The summed E-state index contributed by atoms with van der Waals surface area (Å²) in [6.45, 7) is 4.31. The first-order valence-electron chi connectivity index (χ1n) is 6.86. The summed E-state index contributed by atoms with van der Waals surface area (Å²) in [6.07, 6.45) is 9.34. The number of aryl methyl sites for hydroxylation is 1. The number of nitrogens with zero attached hydrogens (tertiary/aromatic N) is 1. The molecule has 0 amide bonds. The molecule has 1 aromatic heterocycles. The van der Waals surface area contributed by atoms with Crippen LogP contribution in [0.2, 0.25) is 0 Å². The van der Waals surface area contributed by atoms with Crippen molar-refractivity contribution in [1.29, 1.82) is 0 Å². The lowest BCUT2D eigenvalue weighted by atomic mass is 9.84. The van der Waals surface area contributed by atoms with Gasteiger partial charge in [-0.2, -0.15) is 0 Å². The minimum absolute atomic E-state index is 0.134. The molecular weight excluding hydrogens is 208 g/mol. The number of nitrogens with two attached hydrogens (primary N) is 1. The van der Waals surface area contributed by atoms with Crippen LogP contribution in [0.5, 0.6) is 0 Å². The van der Waals surface area contributed by atoms with Crippen molar-refractivity contribution >= 4 is 0 Å². The molecule has 0 aliphatic heterocycles. The summed E-state index contributed by atoms with van der Waals surface area (Å²) in [7, 11) is 0. The van der Waals surface area contributed by atoms with Crippen molar-refractivity contribution in [1.82, 2.24) is 4.98 Å². The molecule has 2 unspecified atom stereocenters. The van der Waals surface area contributed by atoms with Crippen molar-refractivity contribution in [2.45, 2.75) is 57.9 Å². The largest absolute Gasteiger partial charge is 0.321 e. The van der Waals surface area contributed by atoms with Crippen LogP contribution >= 0.6 is 0 Å². The van der Waals surface area contributed by atoms with Crippen LogP contribution in [0.3, 0.4) is 0 Å². The molecule has 1 fully saturated rings. The SMILES string of the molecule is CCC1CCCC(N)(c2ccc(C)nc2)CC1. The molecule has 2 N–H and O–H groups in total. The van der Waals surface area contributed by atoms with Gasteiger partial charge in [0, 0.05) is 17.4 Å². The van der Waals surface area contributed by atoms with E-state index < -0.39 is 0 Å². The van der Waals surface area contributed by atoms with Crippen LogP contribution < -0.4 is 5.73 Å². The summed E-state index contributed by atoms with van der Waals surface area (Å²) in [6, 6.07) is 4.24. The lowest BCUT2D eigenvalue weighted by Gasteiger charge is -2.28. The van der Waals surface area contributed by atoms with Gasteiger partial charge >= 0.3 is 0 Å².